The number of aromatic nitrogens is 6. The highest BCUT2D eigenvalue weighted by Crippen LogP contribution is 2.25. The summed E-state index contributed by atoms with van der Waals surface area (Å²) >= 11 is 6.00. The SMILES string of the molecule is O=C(Cn1nnc(C(F)(F)F)n1)c1cc(C(=O)O)n(-c2ncccc2Cl)c1. The summed E-state index contributed by atoms with van der Waals surface area (Å²) < 4.78 is 38.5. The van der Waals surface area contributed by atoms with Gasteiger partial charge < -0.3 is 5.11 Å². The molecule has 13 heteroatoms. The maximum absolute atomic E-state index is 12.5. The van der Waals surface area contributed by atoms with Crippen molar-refractivity contribution in [3.05, 3.63) is 52.7 Å². The van der Waals surface area contributed by atoms with Crippen LogP contribution in [-0.4, -0.2) is 46.6 Å². The molecule has 0 unspecified atom stereocenters. The van der Waals surface area contributed by atoms with E-state index in [0.717, 1.165) is 10.6 Å². The predicted molar refractivity (Wildman–Crippen MR) is 82.7 cm³/mol. The highest BCUT2D eigenvalue weighted by molar-refractivity contribution is 6.32. The fraction of sp³-hybridized carbons (Fsp3) is 0.143. The lowest BCUT2D eigenvalue weighted by atomic mass is 10.2. The van der Waals surface area contributed by atoms with Crippen LogP contribution in [-0.2, 0) is 12.7 Å². The van der Waals surface area contributed by atoms with E-state index in [-0.39, 0.29) is 22.1 Å². The first-order valence-electron chi connectivity index (χ1n) is 7.11. The Morgan fingerprint density at radius 3 is 2.63 bits per heavy atom. The minimum atomic E-state index is -4.79. The number of rotatable bonds is 5. The Kier molecular flexibility index (Phi) is 4.66. The van der Waals surface area contributed by atoms with E-state index in [1.807, 2.05) is 0 Å². The number of ketones is 1. The quantitative estimate of drug-likeness (QED) is 0.652. The molecule has 0 saturated carbocycles. The van der Waals surface area contributed by atoms with Gasteiger partial charge in [-0.1, -0.05) is 11.6 Å². The van der Waals surface area contributed by atoms with E-state index in [2.05, 4.69) is 20.4 Å². The van der Waals surface area contributed by atoms with Gasteiger partial charge in [-0.25, -0.2) is 9.78 Å². The van der Waals surface area contributed by atoms with E-state index in [0.29, 0.717) is 4.80 Å². The maximum Gasteiger partial charge on any atom is 0.455 e. The summed E-state index contributed by atoms with van der Waals surface area (Å²) in [4.78, 5) is 28.2. The summed E-state index contributed by atoms with van der Waals surface area (Å²) in [7, 11) is 0. The van der Waals surface area contributed by atoms with E-state index < -0.39 is 30.3 Å². The third-order valence-corrected chi connectivity index (χ3v) is 3.61. The molecule has 27 heavy (non-hydrogen) atoms. The predicted octanol–water partition coefficient (Wildman–Crippen LogP) is 2.11. The molecular formula is C14H8ClF3N6O3. The summed E-state index contributed by atoms with van der Waals surface area (Å²) in [5, 5.41) is 18.5. The summed E-state index contributed by atoms with van der Waals surface area (Å²) in [5.74, 6) is -3.49. The van der Waals surface area contributed by atoms with Crippen LogP contribution in [0.15, 0.2) is 30.6 Å². The van der Waals surface area contributed by atoms with Gasteiger partial charge in [-0.3, -0.25) is 9.36 Å². The summed E-state index contributed by atoms with van der Waals surface area (Å²) in [6.45, 7) is -0.665. The monoisotopic (exact) mass is 400 g/mol. The average Bonchev–Trinajstić information content (AvgIpc) is 3.22. The number of halogens is 4. The van der Waals surface area contributed by atoms with Gasteiger partial charge in [-0.05, 0) is 23.4 Å². The molecular weight excluding hydrogens is 393 g/mol. The van der Waals surface area contributed by atoms with Gasteiger partial charge in [-0.15, -0.1) is 10.2 Å². The first kappa shape index (κ1) is 18.5. The van der Waals surface area contributed by atoms with Crippen LogP contribution < -0.4 is 0 Å². The molecule has 3 aromatic rings. The number of hydrogen-bond donors (Lipinski definition) is 1. The third kappa shape index (κ3) is 3.79. The molecule has 0 saturated heterocycles. The van der Waals surface area contributed by atoms with Crippen LogP contribution in [0.1, 0.15) is 26.7 Å². The topological polar surface area (TPSA) is 116 Å². The van der Waals surface area contributed by atoms with Crippen LogP contribution in [0.4, 0.5) is 13.2 Å². The first-order chi connectivity index (χ1) is 12.7. The van der Waals surface area contributed by atoms with Gasteiger partial charge in [0, 0.05) is 18.0 Å². The number of tetrazole rings is 1. The second kappa shape index (κ2) is 6.79. The molecule has 0 aliphatic heterocycles. The highest BCUT2D eigenvalue weighted by atomic mass is 35.5. The number of carboxylic acids is 1. The molecule has 1 N–H and O–H groups in total. The van der Waals surface area contributed by atoms with Crippen molar-refractivity contribution >= 4 is 23.4 Å². The van der Waals surface area contributed by atoms with Crippen molar-refractivity contribution in [2.45, 2.75) is 12.7 Å². The highest BCUT2D eigenvalue weighted by Gasteiger charge is 2.37. The van der Waals surface area contributed by atoms with Crippen LogP contribution in [0.2, 0.25) is 5.02 Å². The number of carbonyl (C=O) groups excluding carboxylic acids is 1. The fourth-order valence-corrected chi connectivity index (χ4v) is 2.37. The normalized spacial score (nSPS) is 11.6. The fourth-order valence-electron chi connectivity index (χ4n) is 2.15. The molecule has 3 rings (SSSR count). The number of Topliss-reactive ketones (excluding diaryl/α,β-unsaturated/α-hetero) is 1. The lowest BCUT2D eigenvalue weighted by molar-refractivity contribution is -0.145. The minimum Gasteiger partial charge on any atom is -0.477 e. The zero-order valence-electron chi connectivity index (χ0n) is 13.1. The van der Waals surface area contributed by atoms with Gasteiger partial charge in [-0.2, -0.15) is 18.0 Å². The van der Waals surface area contributed by atoms with Crippen molar-refractivity contribution in [3.8, 4) is 5.82 Å². The van der Waals surface area contributed by atoms with E-state index in [1.54, 1.807) is 0 Å². The van der Waals surface area contributed by atoms with E-state index in [9.17, 15) is 27.9 Å². The molecule has 0 fully saturated rings. The van der Waals surface area contributed by atoms with E-state index in [1.165, 1.54) is 24.5 Å². The van der Waals surface area contributed by atoms with E-state index >= 15 is 0 Å². The van der Waals surface area contributed by atoms with Crippen molar-refractivity contribution in [1.29, 1.82) is 0 Å². The molecule has 0 radical (unpaired) electrons. The standard InChI is InChI=1S/C14H8ClF3N6O3/c15-8-2-1-3-19-11(8)23-5-7(4-9(23)12(26)27)10(25)6-24-21-13(20-22-24)14(16,17)18/h1-5H,6H2,(H,26,27). The molecule has 140 valence electrons. The Bertz CT molecular complexity index is 1030. The molecule has 0 bridgehead atoms. The number of nitrogens with zero attached hydrogens (tertiary/aromatic N) is 6. The molecule has 0 amide bonds. The van der Waals surface area contributed by atoms with Gasteiger partial charge in [0.25, 0.3) is 5.82 Å². The van der Waals surface area contributed by atoms with Crippen LogP contribution in [0.25, 0.3) is 5.82 Å². The van der Waals surface area contributed by atoms with Crippen molar-refractivity contribution in [3.63, 3.8) is 0 Å². The zero-order chi connectivity index (χ0) is 19.8. The third-order valence-electron chi connectivity index (χ3n) is 3.32. The maximum atomic E-state index is 12.5. The van der Waals surface area contributed by atoms with Crippen molar-refractivity contribution in [2.75, 3.05) is 0 Å². The Morgan fingerprint density at radius 1 is 1.30 bits per heavy atom. The number of hydrogen-bond acceptors (Lipinski definition) is 6. The van der Waals surface area contributed by atoms with Gasteiger partial charge in [0.1, 0.15) is 12.2 Å². The van der Waals surface area contributed by atoms with Gasteiger partial charge in [0.15, 0.2) is 11.6 Å². The van der Waals surface area contributed by atoms with Crippen LogP contribution in [0.3, 0.4) is 0 Å². The molecule has 3 aromatic heterocycles. The summed E-state index contributed by atoms with van der Waals surface area (Å²) in [6.07, 6.45) is -2.25. The lowest BCUT2D eigenvalue weighted by Crippen LogP contribution is -2.14. The Morgan fingerprint density at radius 2 is 2.04 bits per heavy atom. The van der Waals surface area contributed by atoms with Crippen LogP contribution in [0.5, 0.6) is 0 Å². The minimum absolute atomic E-state index is 0.0776. The average molecular weight is 401 g/mol. The van der Waals surface area contributed by atoms with Crippen molar-refractivity contribution in [2.24, 2.45) is 0 Å². The number of carboxylic acid groups (broad SMARTS) is 1. The lowest BCUT2D eigenvalue weighted by Gasteiger charge is -2.06. The van der Waals surface area contributed by atoms with Gasteiger partial charge >= 0.3 is 12.1 Å². The molecule has 0 aromatic carbocycles. The second-order valence-corrected chi connectivity index (χ2v) is 5.57. The van der Waals surface area contributed by atoms with Gasteiger partial charge in [0.2, 0.25) is 0 Å². The number of aromatic carboxylic acids is 1. The first-order valence-corrected chi connectivity index (χ1v) is 7.49. The Balaban J connectivity index is 1.92. The number of pyridine rings is 1. The molecule has 0 atom stereocenters. The van der Waals surface area contributed by atoms with Crippen LogP contribution in [0, 0.1) is 0 Å². The molecule has 0 aliphatic rings. The Hall–Kier alpha value is -3.28. The van der Waals surface area contributed by atoms with E-state index in [4.69, 9.17) is 11.6 Å². The molecule has 3 heterocycles. The number of carbonyl (C=O) groups is 2. The number of alkyl halides is 3. The second-order valence-electron chi connectivity index (χ2n) is 5.16. The molecule has 9 nitrogen and oxygen atoms in total. The molecule has 0 spiro atoms. The summed E-state index contributed by atoms with van der Waals surface area (Å²) in [5.41, 5.74) is -0.401. The smallest absolute Gasteiger partial charge is 0.455 e. The zero-order valence-corrected chi connectivity index (χ0v) is 13.8. The van der Waals surface area contributed by atoms with Crippen molar-refractivity contribution in [1.82, 2.24) is 29.8 Å². The van der Waals surface area contributed by atoms with Crippen LogP contribution >= 0.6 is 11.6 Å². The Labute approximate surface area is 153 Å². The van der Waals surface area contributed by atoms with Gasteiger partial charge in [0.05, 0.1) is 5.02 Å². The summed E-state index contributed by atoms with van der Waals surface area (Å²) in [6, 6.07) is 4.07. The van der Waals surface area contributed by atoms with Crippen molar-refractivity contribution < 1.29 is 27.9 Å². The largest absolute Gasteiger partial charge is 0.477 e. The molecule has 0 aliphatic carbocycles.